The first-order valence-corrected chi connectivity index (χ1v) is 7.99. The van der Waals surface area contributed by atoms with Crippen LogP contribution in [0.25, 0.3) is 0 Å². The lowest BCUT2D eigenvalue weighted by Crippen LogP contribution is -2.15. The third-order valence-corrected chi connectivity index (χ3v) is 4.70. The van der Waals surface area contributed by atoms with Gasteiger partial charge in [-0.05, 0) is 56.2 Å². The summed E-state index contributed by atoms with van der Waals surface area (Å²) in [6.45, 7) is 5.19. The van der Waals surface area contributed by atoms with E-state index in [9.17, 15) is 13.2 Å². The van der Waals surface area contributed by atoms with E-state index in [-0.39, 0.29) is 10.7 Å². The summed E-state index contributed by atoms with van der Waals surface area (Å²) in [5, 5.41) is 0. The molecule has 0 bridgehead atoms. The number of nitrogens with one attached hydrogen (secondary N) is 1. The number of benzene rings is 2. The van der Waals surface area contributed by atoms with Crippen molar-refractivity contribution in [2.45, 2.75) is 25.7 Å². The molecule has 0 atom stereocenters. The molecule has 4 nitrogen and oxygen atoms in total. The van der Waals surface area contributed by atoms with E-state index in [1.165, 1.54) is 6.92 Å². The zero-order valence-electron chi connectivity index (χ0n) is 12.2. The van der Waals surface area contributed by atoms with E-state index < -0.39 is 10.0 Å². The number of Topliss-reactive ketones (excluding diaryl/α,β-unsaturated/α-hetero) is 1. The number of hydrogen-bond donors (Lipinski definition) is 1. The minimum atomic E-state index is -3.71. The van der Waals surface area contributed by atoms with Crippen LogP contribution >= 0.6 is 0 Å². The average molecular weight is 303 g/mol. The quantitative estimate of drug-likeness (QED) is 0.881. The van der Waals surface area contributed by atoms with E-state index in [4.69, 9.17) is 0 Å². The van der Waals surface area contributed by atoms with Gasteiger partial charge in [0.15, 0.2) is 5.78 Å². The van der Waals surface area contributed by atoms with Gasteiger partial charge in [-0.1, -0.05) is 18.2 Å². The average Bonchev–Trinajstić information content (AvgIpc) is 2.41. The van der Waals surface area contributed by atoms with Gasteiger partial charge in [0.25, 0.3) is 10.0 Å². The monoisotopic (exact) mass is 303 g/mol. The summed E-state index contributed by atoms with van der Waals surface area (Å²) in [5.74, 6) is -0.187. The molecule has 21 heavy (non-hydrogen) atoms. The second-order valence-corrected chi connectivity index (χ2v) is 6.64. The van der Waals surface area contributed by atoms with Crippen molar-refractivity contribution in [2.24, 2.45) is 0 Å². The van der Waals surface area contributed by atoms with Gasteiger partial charge >= 0.3 is 0 Å². The summed E-state index contributed by atoms with van der Waals surface area (Å²) in [7, 11) is -3.71. The molecule has 2 rings (SSSR count). The Hall–Kier alpha value is -2.14. The molecule has 0 aromatic heterocycles. The Balaban J connectivity index is 2.42. The first-order valence-electron chi connectivity index (χ1n) is 6.51. The van der Waals surface area contributed by atoms with Crippen LogP contribution in [0.15, 0.2) is 47.4 Å². The number of ketones is 1. The molecule has 5 heteroatoms. The molecule has 2 aromatic rings. The number of carbonyl (C=O) groups excluding carboxylic acids is 1. The summed E-state index contributed by atoms with van der Waals surface area (Å²) in [6.07, 6.45) is 0. The van der Waals surface area contributed by atoms with E-state index in [1.54, 1.807) is 42.5 Å². The third-order valence-electron chi connectivity index (χ3n) is 3.34. The van der Waals surface area contributed by atoms with Crippen LogP contribution in [0.1, 0.15) is 28.4 Å². The lowest BCUT2D eigenvalue weighted by atomic mass is 10.1. The molecule has 110 valence electrons. The third kappa shape index (κ3) is 3.31. The van der Waals surface area contributed by atoms with Crippen molar-refractivity contribution in [1.82, 2.24) is 0 Å². The maximum absolute atomic E-state index is 12.4. The van der Waals surface area contributed by atoms with Gasteiger partial charge in [-0.2, -0.15) is 0 Å². The van der Waals surface area contributed by atoms with Crippen molar-refractivity contribution in [1.29, 1.82) is 0 Å². The predicted octanol–water partition coefficient (Wildman–Crippen LogP) is 3.31. The minimum Gasteiger partial charge on any atom is -0.294 e. The molecule has 0 heterocycles. The summed E-state index contributed by atoms with van der Waals surface area (Å²) < 4.78 is 27.3. The van der Waals surface area contributed by atoms with Crippen LogP contribution in [-0.4, -0.2) is 14.2 Å². The molecule has 1 N–H and O–H groups in total. The fraction of sp³-hybridized carbons (Fsp3) is 0.188. The molecule has 0 spiro atoms. The second-order valence-electron chi connectivity index (χ2n) is 4.95. The Morgan fingerprint density at radius 2 is 1.67 bits per heavy atom. The van der Waals surface area contributed by atoms with Crippen LogP contribution in [0.5, 0.6) is 0 Å². The minimum absolute atomic E-state index is 0.184. The Bertz CT molecular complexity index is 795. The fourth-order valence-electron chi connectivity index (χ4n) is 1.96. The molecule has 0 fully saturated rings. The highest BCUT2D eigenvalue weighted by molar-refractivity contribution is 7.92. The summed E-state index contributed by atoms with van der Waals surface area (Å²) in [4.78, 5) is 11.7. The van der Waals surface area contributed by atoms with Crippen LogP contribution in [-0.2, 0) is 10.0 Å². The van der Waals surface area contributed by atoms with E-state index in [0.29, 0.717) is 11.3 Å². The molecule has 0 saturated heterocycles. The molecular weight excluding hydrogens is 286 g/mol. The maximum atomic E-state index is 12.4. The smallest absolute Gasteiger partial charge is 0.261 e. The number of sulfonamides is 1. The predicted molar refractivity (Wildman–Crippen MR) is 83.2 cm³/mol. The SMILES string of the molecule is CC(=O)c1ccccc1NS(=O)(=O)c1ccc(C)c(C)c1. The normalized spacial score (nSPS) is 11.2. The first-order chi connectivity index (χ1) is 9.81. The molecule has 0 aliphatic rings. The first kappa shape index (κ1) is 15.3. The van der Waals surface area contributed by atoms with Gasteiger partial charge in [-0.25, -0.2) is 8.42 Å². The number of aryl methyl sites for hydroxylation is 2. The maximum Gasteiger partial charge on any atom is 0.261 e. The number of para-hydroxylation sites is 1. The van der Waals surface area contributed by atoms with Gasteiger partial charge in [0.1, 0.15) is 0 Å². The van der Waals surface area contributed by atoms with Crippen molar-refractivity contribution in [3.05, 3.63) is 59.2 Å². The fourth-order valence-corrected chi connectivity index (χ4v) is 3.13. The van der Waals surface area contributed by atoms with E-state index in [0.717, 1.165) is 11.1 Å². The van der Waals surface area contributed by atoms with Gasteiger partial charge < -0.3 is 0 Å². The second kappa shape index (κ2) is 5.69. The van der Waals surface area contributed by atoms with Crippen LogP contribution in [0.3, 0.4) is 0 Å². The topological polar surface area (TPSA) is 63.2 Å². The molecule has 0 saturated carbocycles. The zero-order chi connectivity index (χ0) is 15.6. The van der Waals surface area contributed by atoms with Gasteiger partial charge in [-0.3, -0.25) is 9.52 Å². The van der Waals surface area contributed by atoms with E-state index >= 15 is 0 Å². The molecule has 0 radical (unpaired) electrons. The Labute approximate surface area is 124 Å². The number of carbonyl (C=O) groups is 1. The van der Waals surface area contributed by atoms with Crippen molar-refractivity contribution in [2.75, 3.05) is 4.72 Å². The van der Waals surface area contributed by atoms with Gasteiger partial charge in [0, 0.05) is 5.56 Å². The van der Waals surface area contributed by atoms with Crippen molar-refractivity contribution < 1.29 is 13.2 Å². The molecule has 2 aromatic carbocycles. The summed E-state index contributed by atoms with van der Waals surface area (Å²) >= 11 is 0. The van der Waals surface area contributed by atoms with Crippen LogP contribution < -0.4 is 4.72 Å². The lowest BCUT2D eigenvalue weighted by molar-refractivity contribution is 0.101. The zero-order valence-corrected chi connectivity index (χ0v) is 13.0. The number of anilines is 1. The molecule has 0 aliphatic carbocycles. The van der Waals surface area contributed by atoms with Crippen molar-refractivity contribution in [3.63, 3.8) is 0 Å². The standard InChI is InChI=1S/C16H17NO3S/c1-11-8-9-14(10-12(11)2)21(19,20)17-16-7-5-4-6-15(16)13(3)18/h4-10,17H,1-3H3. The van der Waals surface area contributed by atoms with Crippen LogP contribution in [0, 0.1) is 13.8 Å². The molecule has 0 aliphatic heterocycles. The van der Waals surface area contributed by atoms with Gasteiger partial charge in [0.2, 0.25) is 0 Å². The largest absolute Gasteiger partial charge is 0.294 e. The lowest BCUT2D eigenvalue weighted by Gasteiger charge is -2.12. The Kier molecular flexibility index (Phi) is 4.14. The highest BCUT2D eigenvalue weighted by Crippen LogP contribution is 2.21. The number of hydrogen-bond acceptors (Lipinski definition) is 3. The van der Waals surface area contributed by atoms with Crippen LogP contribution in [0.4, 0.5) is 5.69 Å². The summed E-state index contributed by atoms with van der Waals surface area (Å²) in [5.41, 5.74) is 2.57. The molecular formula is C16H17NO3S. The van der Waals surface area contributed by atoms with E-state index in [1.807, 2.05) is 13.8 Å². The van der Waals surface area contributed by atoms with Crippen LogP contribution in [0.2, 0.25) is 0 Å². The van der Waals surface area contributed by atoms with Gasteiger partial charge in [0.05, 0.1) is 10.6 Å². The highest BCUT2D eigenvalue weighted by atomic mass is 32.2. The molecule has 0 amide bonds. The highest BCUT2D eigenvalue weighted by Gasteiger charge is 2.17. The van der Waals surface area contributed by atoms with Gasteiger partial charge in [-0.15, -0.1) is 0 Å². The Morgan fingerprint density at radius 3 is 2.29 bits per heavy atom. The number of rotatable bonds is 4. The Morgan fingerprint density at radius 1 is 1.00 bits per heavy atom. The van der Waals surface area contributed by atoms with Crippen molar-refractivity contribution >= 4 is 21.5 Å². The van der Waals surface area contributed by atoms with Crippen molar-refractivity contribution in [3.8, 4) is 0 Å². The summed E-state index contributed by atoms with van der Waals surface area (Å²) in [6, 6.07) is 11.5. The van der Waals surface area contributed by atoms with E-state index in [2.05, 4.69) is 4.72 Å². The molecule has 0 unspecified atom stereocenters.